The molecule has 1 fully saturated rings. The second-order valence-electron chi connectivity index (χ2n) is 9.29. The molecular weight excluding hydrogens is 338 g/mol. The quantitative estimate of drug-likeness (QED) is 0.525. The lowest BCUT2D eigenvalue weighted by atomic mass is 9.91. The van der Waals surface area contributed by atoms with Gasteiger partial charge in [0, 0.05) is 38.5 Å². The molecule has 5 nitrogen and oxygen atoms in total. The Morgan fingerprint density at radius 3 is 2.22 bits per heavy atom. The molecule has 0 aromatic rings. The van der Waals surface area contributed by atoms with Crippen LogP contribution < -0.4 is 5.32 Å². The largest absolute Gasteiger partial charge is 0.355 e. The molecule has 1 rings (SSSR count). The maximum Gasteiger partial charge on any atom is 0.223 e. The molecule has 0 bridgehead atoms. The molecule has 1 saturated heterocycles. The molecule has 5 heteroatoms. The second-order valence-corrected chi connectivity index (χ2v) is 9.29. The number of carbonyl (C=O) groups excluding carboxylic acids is 2. The highest BCUT2D eigenvalue weighted by Gasteiger charge is 2.28. The lowest BCUT2D eigenvalue weighted by molar-refractivity contribution is -0.135. The standard InChI is InChI=1S/C22H43N3O2/c1-6-7-8-9-10-11-12-20(26)25-15-13-19(14-16-25)21(27)23-17-22(2,3)18-24(4)5/h19H,6-18H2,1-5H3,(H,23,27). The van der Waals surface area contributed by atoms with Gasteiger partial charge < -0.3 is 15.1 Å². The van der Waals surface area contributed by atoms with Gasteiger partial charge in [-0.05, 0) is 38.8 Å². The summed E-state index contributed by atoms with van der Waals surface area (Å²) in [6.07, 6.45) is 9.51. The van der Waals surface area contributed by atoms with Crippen molar-refractivity contribution in [2.45, 2.75) is 78.6 Å². The van der Waals surface area contributed by atoms with E-state index in [1.807, 2.05) is 4.90 Å². The zero-order chi connectivity index (χ0) is 20.3. The third kappa shape index (κ3) is 10.1. The average molecular weight is 382 g/mol. The van der Waals surface area contributed by atoms with E-state index in [0.29, 0.717) is 13.0 Å². The molecule has 0 aromatic heterocycles. The highest BCUT2D eigenvalue weighted by molar-refractivity contribution is 5.80. The third-order valence-corrected chi connectivity index (χ3v) is 5.45. The first-order valence-electron chi connectivity index (χ1n) is 11.0. The number of nitrogens with zero attached hydrogens (tertiary/aromatic N) is 2. The summed E-state index contributed by atoms with van der Waals surface area (Å²) in [4.78, 5) is 28.9. The van der Waals surface area contributed by atoms with Crippen LogP contribution in [-0.4, -0.2) is 61.9 Å². The Labute approximate surface area is 167 Å². The molecule has 0 aliphatic carbocycles. The highest BCUT2D eigenvalue weighted by Crippen LogP contribution is 2.20. The summed E-state index contributed by atoms with van der Waals surface area (Å²) in [5.74, 6) is 0.486. The van der Waals surface area contributed by atoms with Crippen LogP contribution in [0.25, 0.3) is 0 Å². The van der Waals surface area contributed by atoms with Gasteiger partial charge in [0.1, 0.15) is 0 Å². The minimum atomic E-state index is 0.0539. The first-order valence-corrected chi connectivity index (χ1v) is 11.0. The van der Waals surface area contributed by atoms with Gasteiger partial charge in [-0.3, -0.25) is 9.59 Å². The Morgan fingerprint density at radius 1 is 1.04 bits per heavy atom. The molecule has 1 aliphatic rings. The first kappa shape index (κ1) is 23.9. The van der Waals surface area contributed by atoms with E-state index in [9.17, 15) is 9.59 Å². The molecule has 0 spiro atoms. The van der Waals surface area contributed by atoms with E-state index < -0.39 is 0 Å². The molecule has 1 N–H and O–H groups in total. The second kappa shape index (κ2) is 12.4. The Morgan fingerprint density at radius 2 is 1.63 bits per heavy atom. The molecular formula is C22H43N3O2. The van der Waals surface area contributed by atoms with E-state index in [4.69, 9.17) is 0 Å². The fourth-order valence-corrected chi connectivity index (χ4v) is 3.99. The fraction of sp³-hybridized carbons (Fsp3) is 0.909. The van der Waals surface area contributed by atoms with Crippen molar-refractivity contribution in [3.8, 4) is 0 Å². The Hall–Kier alpha value is -1.10. The first-order chi connectivity index (χ1) is 12.7. The van der Waals surface area contributed by atoms with Crippen LogP contribution in [0.3, 0.4) is 0 Å². The number of hydrogen-bond acceptors (Lipinski definition) is 3. The van der Waals surface area contributed by atoms with Crippen molar-refractivity contribution < 1.29 is 9.59 Å². The van der Waals surface area contributed by atoms with Gasteiger partial charge in [0.15, 0.2) is 0 Å². The Bertz CT molecular complexity index is 441. The van der Waals surface area contributed by atoms with Crippen LogP contribution in [0.2, 0.25) is 0 Å². The van der Waals surface area contributed by atoms with Crippen LogP contribution in [0.5, 0.6) is 0 Å². The van der Waals surface area contributed by atoms with Gasteiger partial charge in [-0.1, -0.05) is 52.9 Å². The maximum atomic E-state index is 12.5. The van der Waals surface area contributed by atoms with Crippen molar-refractivity contribution >= 4 is 11.8 Å². The van der Waals surface area contributed by atoms with Gasteiger partial charge in [0.25, 0.3) is 0 Å². The number of nitrogens with one attached hydrogen (secondary N) is 1. The molecule has 0 aromatic carbocycles. The zero-order valence-corrected chi connectivity index (χ0v) is 18.5. The van der Waals surface area contributed by atoms with Gasteiger partial charge in [-0.15, -0.1) is 0 Å². The summed E-state index contributed by atoms with van der Waals surface area (Å²) in [6.45, 7) is 9.67. The number of rotatable bonds is 12. The molecule has 1 aliphatic heterocycles. The number of amides is 2. The van der Waals surface area contributed by atoms with Crippen LogP contribution in [-0.2, 0) is 9.59 Å². The zero-order valence-electron chi connectivity index (χ0n) is 18.5. The minimum absolute atomic E-state index is 0.0539. The van der Waals surface area contributed by atoms with Gasteiger partial charge in [0.05, 0.1) is 0 Å². The average Bonchev–Trinajstić information content (AvgIpc) is 2.61. The smallest absolute Gasteiger partial charge is 0.223 e. The van der Waals surface area contributed by atoms with Crippen molar-refractivity contribution in [3.63, 3.8) is 0 Å². The van der Waals surface area contributed by atoms with Crippen LogP contribution in [0.15, 0.2) is 0 Å². The summed E-state index contributed by atoms with van der Waals surface area (Å²) in [7, 11) is 4.11. The van der Waals surface area contributed by atoms with E-state index in [0.717, 1.165) is 45.3 Å². The number of carbonyl (C=O) groups is 2. The molecule has 0 unspecified atom stereocenters. The highest BCUT2D eigenvalue weighted by atomic mass is 16.2. The predicted octanol–water partition coefficient (Wildman–Crippen LogP) is 3.68. The minimum Gasteiger partial charge on any atom is -0.355 e. The summed E-state index contributed by atoms with van der Waals surface area (Å²) in [6, 6.07) is 0. The van der Waals surface area contributed by atoms with Crippen LogP contribution in [0.4, 0.5) is 0 Å². The van der Waals surface area contributed by atoms with Crippen LogP contribution in [0.1, 0.15) is 78.6 Å². The van der Waals surface area contributed by atoms with Gasteiger partial charge in [-0.25, -0.2) is 0 Å². The molecule has 0 atom stereocenters. The van der Waals surface area contributed by atoms with E-state index in [1.165, 1.54) is 25.7 Å². The molecule has 0 radical (unpaired) electrons. The van der Waals surface area contributed by atoms with Crippen LogP contribution in [0, 0.1) is 11.3 Å². The van der Waals surface area contributed by atoms with Crippen molar-refractivity contribution in [2.24, 2.45) is 11.3 Å². The number of piperidine rings is 1. The molecule has 0 saturated carbocycles. The predicted molar refractivity (Wildman–Crippen MR) is 113 cm³/mol. The van der Waals surface area contributed by atoms with E-state index in [1.54, 1.807) is 0 Å². The molecule has 27 heavy (non-hydrogen) atoms. The van der Waals surface area contributed by atoms with Crippen molar-refractivity contribution in [1.29, 1.82) is 0 Å². The molecule has 158 valence electrons. The van der Waals surface area contributed by atoms with E-state index >= 15 is 0 Å². The normalized spacial score (nSPS) is 16.0. The monoisotopic (exact) mass is 381 g/mol. The van der Waals surface area contributed by atoms with Crippen LogP contribution >= 0.6 is 0 Å². The summed E-state index contributed by atoms with van der Waals surface area (Å²) >= 11 is 0. The maximum absolute atomic E-state index is 12.5. The summed E-state index contributed by atoms with van der Waals surface area (Å²) in [5, 5.41) is 3.13. The van der Waals surface area contributed by atoms with Crippen molar-refractivity contribution in [3.05, 3.63) is 0 Å². The van der Waals surface area contributed by atoms with Gasteiger partial charge in [-0.2, -0.15) is 0 Å². The molecule has 2 amide bonds. The Balaban J connectivity index is 2.22. The van der Waals surface area contributed by atoms with E-state index in [-0.39, 0.29) is 23.1 Å². The summed E-state index contributed by atoms with van der Waals surface area (Å²) in [5.41, 5.74) is 0.0625. The SMILES string of the molecule is CCCCCCCCC(=O)N1CCC(C(=O)NCC(C)(C)CN(C)C)CC1. The van der Waals surface area contributed by atoms with Crippen molar-refractivity contribution in [1.82, 2.24) is 15.1 Å². The lowest BCUT2D eigenvalue weighted by Crippen LogP contribution is -2.46. The Kier molecular flexibility index (Phi) is 11.0. The fourth-order valence-electron chi connectivity index (χ4n) is 3.99. The topological polar surface area (TPSA) is 52.7 Å². The van der Waals surface area contributed by atoms with Crippen molar-refractivity contribution in [2.75, 3.05) is 40.3 Å². The van der Waals surface area contributed by atoms with E-state index in [2.05, 4.69) is 45.1 Å². The number of hydrogen-bond donors (Lipinski definition) is 1. The van der Waals surface area contributed by atoms with Gasteiger partial charge >= 0.3 is 0 Å². The summed E-state index contributed by atoms with van der Waals surface area (Å²) < 4.78 is 0. The number of unbranched alkanes of at least 4 members (excludes halogenated alkanes) is 5. The lowest BCUT2D eigenvalue weighted by Gasteiger charge is -2.33. The third-order valence-electron chi connectivity index (χ3n) is 5.45. The van der Waals surface area contributed by atoms with Gasteiger partial charge in [0.2, 0.25) is 11.8 Å². The molecule has 1 heterocycles. The number of likely N-dealkylation sites (tertiary alicyclic amines) is 1.